The Balaban J connectivity index is 2.05. The number of hydrogen-bond acceptors (Lipinski definition) is 2. The fourth-order valence-corrected chi connectivity index (χ4v) is 1.98. The Labute approximate surface area is 121 Å². The van der Waals surface area contributed by atoms with E-state index in [1.165, 1.54) is 0 Å². The van der Waals surface area contributed by atoms with Crippen LogP contribution in [0.2, 0.25) is 0 Å². The van der Waals surface area contributed by atoms with Gasteiger partial charge in [0.2, 0.25) is 0 Å². The smallest absolute Gasteiger partial charge is 0.150 e. The van der Waals surface area contributed by atoms with E-state index in [1.54, 1.807) is 0 Å². The van der Waals surface area contributed by atoms with E-state index in [9.17, 15) is 8.78 Å². The van der Waals surface area contributed by atoms with Gasteiger partial charge in [0.15, 0.2) is 0 Å². The Morgan fingerprint density at radius 1 is 1.10 bits per heavy atom. The van der Waals surface area contributed by atoms with Crippen LogP contribution >= 0.6 is 12.2 Å². The van der Waals surface area contributed by atoms with Gasteiger partial charge in [-0.25, -0.2) is 8.78 Å². The zero-order chi connectivity index (χ0) is 14.5. The number of anilines is 1. The average Bonchev–Trinajstić information content (AvgIpc) is 2.42. The van der Waals surface area contributed by atoms with Gasteiger partial charge in [-0.05, 0) is 24.1 Å². The van der Waals surface area contributed by atoms with Crippen LogP contribution in [0.25, 0.3) is 0 Å². The molecule has 0 radical (unpaired) electrons. The Bertz CT molecular complexity index is 592. The molecule has 2 rings (SSSR count). The van der Waals surface area contributed by atoms with Gasteiger partial charge in [0.25, 0.3) is 0 Å². The minimum Gasteiger partial charge on any atom is -0.389 e. The van der Waals surface area contributed by atoms with Gasteiger partial charge in [0.1, 0.15) is 22.3 Å². The first-order chi connectivity index (χ1) is 9.58. The molecule has 0 bridgehead atoms. The average molecular weight is 292 g/mol. The van der Waals surface area contributed by atoms with E-state index in [-0.39, 0.29) is 16.2 Å². The van der Waals surface area contributed by atoms with E-state index in [1.807, 2.05) is 30.3 Å². The summed E-state index contributed by atoms with van der Waals surface area (Å²) in [4.78, 5) is -0.0290. The number of nitrogens with one attached hydrogen (secondary N) is 1. The summed E-state index contributed by atoms with van der Waals surface area (Å²) in [6.07, 6.45) is 0.677. The predicted molar refractivity (Wildman–Crippen MR) is 80.9 cm³/mol. The number of hydrogen-bond donors (Lipinski definition) is 2. The number of nitrogens with two attached hydrogens (primary N) is 1. The quantitative estimate of drug-likeness (QED) is 0.831. The highest BCUT2D eigenvalue weighted by atomic mass is 32.1. The van der Waals surface area contributed by atoms with Gasteiger partial charge in [-0.2, -0.15) is 0 Å². The van der Waals surface area contributed by atoms with Crippen LogP contribution in [-0.2, 0) is 6.42 Å². The molecule has 0 heterocycles. The van der Waals surface area contributed by atoms with Crippen molar-refractivity contribution >= 4 is 22.9 Å². The third kappa shape index (κ3) is 3.51. The maximum atomic E-state index is 13.8. The van der Waals surface area contributed by atoms with E-state index in [0.717, 1.165) is 17.7 Å². The first-order valence-corrected chi connectivity index (χ1v) is 6.55. The van der Waals surface area contributed by atoms with Gasteiger partial charge >= 0.3 is 0 Å². The SMILES string of the molecule is NC(=S)c1cc(F)c(NCCc2ccccc2)c(F)c1. The lowest BCUT2D eigenvalue weighted by Crippen LogP contribution is -2.13. The second kappa shape index (κ2) is 6.43. The van der Waals surface area contributed by atoms with Crippen molar-refractivity contribution < 1.29 is 8.78 Å². The Kier molecular flexibility index (Phi) is 4.63. The summed E-state index contributed by atoms with van der Waals surface area (Å²) in [5.74, 6) is -1.39. The summed E-state index contributed by atoms with van der Waals surface area (Å²) >= 11 is 4.70. The van der Waals surface area contributed by atoms with Crippen LogP contribution in [0, 0.1) is 11.6 Å². The molecule has 0 aromatic heterocycles. The van der Waals surface area contributed by atoms with Crippen molar-refractivity contribution in [1.29, 1.82) is 0 Å². The fourth-order valence-electron chi connectivity index (χ4n) is 1.86. The standard InChI is InChI=1S/C15H14F2N2S/c16-12-8-11(15(18)20)9-13(17)14(12)19-7-6-10-4-2-1-3-5-10/h1-5,8-9,19H,6-7H2,(H2,18,20). The summed E-state index contributed by atoms with van der Waals surface area (Å²) in [7, 11) is 0. The highest BCUT2D eigenvalue weighted by molar-refractivity contribution is 7.80. The van der Waals surface area contributed by atoms with Crippen molar-refractivity contribution in [2.75, 3.05) is 11.9 Å². The Morgan fingerprint density at radius 3 is 2.25 bits per heavy atom. The lowest BCUT2D eigenvalue weighted by Gasteiger charge is -2.10. The van der Waals surface area contributed by atoms with E-state index in [4.69, 9.17) is 18.0 Å². The zero-order valence-electron chi connectivity index (χ0n) is 10.7. The predicted octanol–water partition coefficient (Wildman–Crippen LogP) is 3.25. The highest BCUT2D eigenvalue weighted by Crippen LogP contribution is 2.20. The van der Waals surface area contributed by atoms with Gasteiger partial charge in [0.05, 0.1) is 0 Å². The lowest BCUT2D eigenvalue weighted by molar-refractivity contribution is 0.587. The van der Waals surface area contributed by atoms with Crippen molar-refractivity contribution in [1.82, 2.24) is 0 Å². The number of rotatable bonds is 5. The number of thiocarbonyl (C=S) groups is 1. The van der Waals surface area contributed by atoms with Crippen molar-refractivity contribution in [2.24, 2.45) is 5.73 Å². The molecular formula is C15H14F2N2S. The molecule has 2 aromatic rings. The number of halogens is 2. The van der Waals surface area contributed by atoms with E-state index in [0.29, 0.717) is 13.0 Å². The molecule has 0 aliphatic heterocycles. The Morgan fingerprint density at radius 2 is 1.70 bits per heavy atom. The van der Waals surface area contributed by atoms with Crippen LogP contribution in [0.5, 0.6) is 0 Å². The van der Waals surface area contributed by atoms with Crippen molar-refractivity contribution in [3.05, 3.63) is 65.2 Å². The van der Waals surface area contributed by atoms with Gasteiger partial charge in [0, 0.05) is 12.1 Å². The van der Waals surface area contributed by atoms with E-state index < -0.39 is 11.6 Å². The molecule has 0 saturated heterocycles. The second-order valence-electron chi connectivity index (χ2n) is 4.34. The first kappa shape index (κ1) is 14.4. The van der Waals surface area contributed by atoms with Crippen LogP contribution < -0.4 is 11.1 Å². The topological polar surface area (TPSA) is 38.0 Å². The highest BCUT2D eigenvalue weighted by Gasteiger charge is 2.11. The molecule has 2 nitrogen and oxygen atoms in total. The molecule has 0 aliphatic rings. The minimum atomic E-state index is -0.694. The van der Waals surface area contributed by atoms with Crippen LogP contribution in [0.15, 0.2) is 42.5 Å². The van der Waals surface area contributed by atoms with Gasteiger partial charge < -0.3 is 11.1 Å². The molecular weight excluding hydrogens is 278 g/mol. The molecule has 5 heteroatoms. The molecule has 0 aliphatic carbocycles. The summed E-state index contributed by atoms with van der Waals surface area (Å²) in [6.45, 7) is 0.435. The third-order valence-electron chi connectivity index (χ3n) is 2.88. The zero-order valence-corrected chi connectivity index (χ0v) is 11.5. The summed E-state index contributed by atoms with van der Waals surface area (Å²) in [5, 5.41) is 2.76. The largest absolute Gasteiger partial charge is 0.389 e. The van der Waals surface area contributed by atoms with Crippen molar-refractivity contribution in [3.8, 4) is 0 Å². The molecule has 0 amide bonds. The number of benzene rings is 2. The summed E-state index contributed by atoms with van der Waals surface area (Å²) < 4.78 is 27.6. The second-order valence-corrected chi connectivity index (χ2v) is 4.78. The molecule has 2 aromatic carbocycles. The first-order valence-electron chi connectivity index (χ1n) is 6.14. The summed E-state index contributed by atoms with van der Waals surface area (Å²) in [5.41, 5.74) is 6.49. The monoisotopic (exact) mass is 292 g/mol. The third-order valence-corrected chi connectivity index (χ3v) is 3.12. The maximum Gasteiger partial charge on any atom is 0.150 e. The molecule has 0 fully saturated rings. The van der Waals surface area contributed by atoms with Gasteiger partial charge in [-0.15, -0.1) is 0 Å². The van der Waals surface area contributed by atoms with E-state index >= 15 is 0 Å². The van der Waals surface area contributed by atoms with E-state index in [2.05, 4.69) is 5.32 Å². The van der Waals surface area contributed by atoms with Crippen LogP contribution in [0.1, 0.15) is 11.1 Å². The lowest BCUT2D eigenvalue weighted by atomic mass is 10.1. The molecule has 20 heavy (non-hydrogen) atoms. The fraction of sp³-hybridized carbons (Fsp3) is 0.133. The molecule has 104 valence electrons. The van der Waals surface area contributed by atoms with Gasteiger partial charge in [-0.1, -0.05) is 42.5 Å². The molecule has 0 saturated carbocycles. The van der Waals surface area contributed by atoms with Crippen molar-refractivity contribution in [2.45, 2.75) is 6.42 Å². The summed E-state index contributed by atoms with van der Waals surface area (Å²) in [6, 6.07) is 12.0. The molecule has 3 N–H and O–H groups in total. The van der Waals surface area contributed by atoms with Crippen molar-refractivity contribution in [3.63, 3.8) is 0 Å². The molecule has 0 spiro atoms. The minimum absolute atomic E-state index is 0.0290. The van der Waals surface area contributed by atoms with Gasteiger partial charge in [-0.3, -0.25) is 0 Å². The normalized spacial score (nSPS) is 10.3. The maximum absolute atomic E-state index is 13.8. The van der Waals surface area contributed by atoms with Crippen LogP contribution in [-0.4, -0.2) is 11.5 Å². The molecule has 0 unspecified atom stereocenters. The Hall–Kier alpha value is -2.01. The van der Waals surface area contributed by atoms with Crippen LogP contribution in [0.3, 0.4) is 0 Å². The van der Waals surface area contributed by atoms with Crippen LogP contribution in [0.4, 0.5) is 14.5 Å². The molecule has 0 atom stereocenters.